The molecule has 2 N–H and O–H groups in total. The number of thioether (sulfide) groups is 1. The molecule has 0 unspecified atom stereocenters. The number of halogens is 3. The molecular weight excluding hydrogens is 315 g/mol. The summed E-state index contributed by atoms with van der Waals surface area (Å²) in [6.45, 7) is 0. The lowest BCUT2D eigenvalue weighted by Crippen LogP contribution is -2.07. The number of nitrogen functional groups attached to an aromatic ring is 1. The average molecular weight is 323 g/mol. The third-order valence-corrected chi connectivity index (χ3v) is 5.09. The maximum Gasteiger partial charge on any atom is 0.417 e. The first-order valence-corrected chi connectivity index (χ1v) is 7.78. The number of nitrogens with two attached hydrogens (primary N) is 1. The van der Waals surface area contributed by atoms with E-state index in [1.807, 2.05) is 6.26 Å². The third kappa shape index (κ3) is 3.54. The fourth-order valence-corrected chi connectivity index (χ4v) is 3.80. The van der Waals surface area contributed by atoms with Crippen LogP contribution in [0.2, 0.25) is 0 Å². The van der Waals surface area contributed by atoms with Crippen LogP contribution in [0.4, 0.5) is 18.9 Å². The molecule has 0 aliphatic rings. The maximum absolute atomic E-state index is 12.9. The van der Waals surface area contributed by atoms with E-state index in [4.69, 9.17) is 5.73 Å². The number of anilines is 1. The topological polar surface area (TPSA) is 51.8 Å². The average Bonchev–Trinajstić information content (AvgIpc) is 2.78. The molecule has 2 aromatic rings. The molecule has 1 heterocycles. The highest BCUT2D eigenvalue weighted by atomic mass is 32.2. The lowest BCUT2D eigenvalue weighted by Gasteiger charge is -2.11. The first-order chi connectivity index (χ1) is 8.90. The summed E-state index contributed by atoms with van der Waals surface area (Å²) in [5.41, 5.74) is 4.74. The zero-order valence-electron chi connectivity index (χ0n) is 9.56. The predicted octanol–water partition coefficient (Wildman–Crippen LogP) is 4.01. The van der Waals surface area contributed by atoms with Gasteiger partial charge in [0, 0.05) is 10.6 Å². The van der Waals surface area contributed by atoms with Gasteiger partial charge in [-0.15, -0.1) is 10.2 Å². The summed E-state index contributed by atoms with van der Waals surface area (Å²) in [5.74, 6) is 0. The molecule has 0 amide bonds. The summed E-state index contributed by atoms with van der Waals surface area (Å²) in [6, 6.07) is 3.72. The Morgan fingerprint density at radius 1 is 1.21 bits per heavy atom. The van der Waals surface area contributed by atoms with Crippen LogP contribution in [0.5, 0.6) is 0 Å². The molecule has 0 fully saturated rings. The van der Waals surface area contributed by atoms with E-state index >= 15 is 0 Å². The Balaban J connectivity index is 2.34. The summed E-state index contributed by atoms with van der Waals surface area (Å²) in [6.07, 6.45) is -2.61. The highest BCUT2D eigenvalue weighted by Crippen LogP contribution is 2.41. The lowest BCUT2D eigenvalue weighted by molar-refractivity contribution is -0.139. The van der Waals surface area contributed by atoms with E-state index in [1.54, 1.807) is 0 Å². The number of rotatable bonds is 3. The van der Waals surface area contributed by atoms with Crippen LogP contribution >= 0.6 is 34.9 Å². The number of hydrogen-bond donors (Lipinski definition) is 1. The van der Waals surface area contributed by atoms with Gasteiger partial charge in [0.1, 0.15) is 0 Å². The number of aromatic nitrogens is 2. The zero-order valence-corrected chi connectivity index (χ0v) is 12.0. The van der Waals surface area contributed by atoms with Crippen molar-refractivity contribution in [3.8, 4) is 0 Å². The van der Waals surface area contributed by atoms with Gasteiger partial charge in [0.25, 0.3) is 0 Å². The smallest absolute Gasteiger partial charge is 0.399 e. The van der Waals surface area contributed by atoms with Crippen LogP contribution in [-0.4, -0.2) is 16.5 Å². The van der Waals surface area contributed by atoms with Crippen LogP contribution in [-0.2, 0) is 6.18 Å². The fraction of sp³-hybridized carbons (Fsp3) is 0.200. The van der Waals surface area contributed by atoms with Gasteiger partial charge in [-0.3, -0.25) is 0 Å². The van der Waals surface area contributed by atoms with Gasteiger partial charge in [0.15, 0.2) is 8.68 Å². The first kappa shape index (κ1) is 14.5. The molecule has 0 spiro atoms. The summed E-state index contributed by atoms with van der Waals surface area (Å²) >= 11 is 3.60. The second kappa shape index (κ2) is 5.59. The Morgan fingerprint density at radius 3 is 2.47 bits per heavy atom. The van der Waals surface area contributed by atoms with Crippen LogP contribution in [0, 0.1) is 0 Å². The van der Waals surface area contributed by atoms with Crippen molar-refractivity contribution >= 4 is 40.5 Å². The number of alkyl halides is 3. The molecule has 102 valence electrons. The van der Waals surface area contributed by atoms with Crippen LogP contribution < -0.4 is 5.73 Å². The number of benzene rings is 1. The van der Waals surface area contributed by atoms with Crippen molar-refractivity contribution in [2.24, 2.45) is 0 Å². The minimum Gasteiger partial charge on any atom is -0.399 e. The lowest BCUT2D eigenvalue weighted by atomic mass is 10.2. The minimum absolute atomic E-state index is 0.0745. The molecule has 0 aliphatic heterocycles. The van der Waals surface area contributed by atoms with E-state index in [0.29, 0.717) is 8.68 Å². The Morgan fingerprint density at radius 2 is 1.89 bits per heavy atom. The Hall–Kier alpha value is -0.930. The van der Waals surface area contributed by atoms with Gasteiger partial charge in [-0.25, -0.2) is 0 Å². The molecule has 9 heteroatoms. The van der Waals surface area contributed by atoms with Crippen LogP contribution in [0.3, 0.4) is 0 Å². The standard InChI is InChI=1S/C10H8F3N3S3/c1-17-8-15-16-9(19-8)18-7-3-2-5(14)4-6(7)10(11,12)13/h2-4H,14H2,1H3. The molecule has 0 saturated carbocycles. The Kier molecular flexibility index (Phi) is 4.26. The second-order valence-corrected chi connectivity index (χ2v) is 6.71. The van der Waals surface area contributed by atoms with Gasteiger partial charge >= 0.3 is 6.18 Å². The molecule has 0 atom stereocenters. The second-order valence-electron chi connectivity index (χ2n) is 3.39. The molecule has 0 aliphatic carbocycles. The van der Waals surface area contributed by atoms with E-state index in [0.717, 1.165) is 17.8 Å². The third-order valence-electron chi connectivity index (χ3n) is 2.07. The van der Waals surface area contributed by atoms with Gasteiger partial charge in [0.2, 0.25) is 0 Å². The van der Waals surface area contributed by atoms with Crippen molar-refractivity contribution in [2.45, 2.75) is 19.8 Å². The van der Waals surface area contributed by atoms with Gasteiger partial charge in [0.05, 0.1) is 5.56 Å². The van der Waals surface area contributed by atoms with E-state index in [9.17, 15) is 13.2 Å². The Bertz CT molecular complexity index is 583. The molecule has 0 bridgehead atoms. The van der Waals surface area contributed by atoms with Crippen molar-refractivity contribution in [1.29, 1.82) is 0 Å². The van der Waals surface area contributed by atoms with Crippen molar-refractivity contribution in [3.05, 3.63) is 23.8 Å². The normalized spacial score (nSPS) is 11.8. The van der Waals surface area contributed by atoms with Gasteiger partial charge in [-0.2, -0.15) is 13.2 Å². The Labute approximate surface area is 119 Å². The SMILES string of the molecule is CSc1nnc(Sc2ccc(N)cc2C(F)(F)F)s1. The van der Waals surface area contributed by atoms with Crippen molar-refractivity contribution in [3.63, 3.8) is 0 Å². The molecule has 19 heavy (non-hydrogen) atoms. The molecular formula is C10H8F3N3S3. The molecule has 1 aromatic heterocycles. The van der Waals surface area contributed by atoms with E-state index in [2.05, 4.69) is 10.2 Å². The van der Waals surface area contributed by atoms with Crippen LogP contribution in [0.1, 0.15) is 5.56 Å². The quantitative estimate of drug-likeness (QED) is 0.683. The molecule has 2 rings (SSSR count). The maximum atomic E-state index is 12.9. The molecule has 1 aromatic carbocycles. The predicted molar refractivity (Wildman–Crippen MR) is 71.7 cm³/mol. The van der Waals surface area contributed by atoms with Crippen molar-refractivity contribution in [1.82, 2.24) is 10.2 Å². The van der Waals surface area contributed by atoms with Gasteiger partial charge in [-0.05, 0) is 24.5 Å². The first-order valence-electron chi connectivity index (χ1n) is 4.92. The molecule has 0 radical (unpaired) electrons. The highest BCUT2D eigenvalue weighted by Gasteiger charge is 2.34. The molecule has 0 saturated heterocycles. The highest BCUT2D eigenvalue weighted by molar-refractivity contribution is 8.03. The van der Waals surface area contributed by atoms with E-state index in [-0.39, 0.29) is 10.6 Å². The summed E-state index contributed by atoms with van der Waals surface area (Å²) in [5, 5.41) is 7.68. The summed E-state index contributed by atoms with van der Waals surface area (Å²) in [4.78, 5) is 0.0745. The van der Waals surface area contributed by atoms with Crippen molar-refractivity contribution < 1.29 is 13.2 Å². The summed E-state index contributed by atoms with van der Waals surface area (Å²) < 4.78 is 39.9. The minimum atomic E-state index is -4.44. The summed E-state index contributed by atoms with van der Waals surface area (Å²) in [7, 11) is 0. The number of hydrogen-bond acceptors (Lipinski definition) is 6. The van der Waals surface area contributed by atoms with E-state index in [1.165, 1.54) is 35.2 Å². The van der Waals surface area contributed by atoms with Crippen molar-refractivity contribution in [2.75, 3.05) is 12.0 Å². The van der Waals surface area contributed by atoms with Gasteiger partial charge < -0.3 is 5.73 Å². The van der Waals surface area contributed by atoms with Gasteiger partial charge in [-0.1, -0.05) is 34.9 Å². The van der Waals surface area contributed by atoms with E-state index < -0.39 is 11.7 Å². The zero-order chi connectivity index (χ0) is 14.0. The van der Waals surface area contributed by atoms with Crippen LogP contribution in [0.15, 0.2) is 31.8 Å². The van der Waals surface area contributed by atoms with Crippen LogP contribution in [0.25, 0.3) is 0 Å². The molecule has 3 nitrogen and oxygen atoms in total. The largest absolute Gasteiger partial charge is 0.417 e. The fourth-order valence-electron chi connectivity index (χ4n) is 1.27. The monoisotopic (exact) mass is 323 g/mol. The number of nitrogens with zero attached hydrogens (tertiary/aromatic N) is 2.